The van der Waals surface area contributed by atoms with E-state index in [2.05, 4.69) is 17.6 Å². The van der Waals surface area contributed by atoms with E-state index in [1.54, 1.807) is 26.4 Å². The lowest BCUT2D eigenvalue weighted by Gasteiger charge is -2.25. The van der Waals surface area contributed by atoms with E-state index < -0.39 is 11.8 Å². The van der Waals surface area contributed by atoms with E-state index in [4.69, 9.17) is 9.47 Å². The van der Waals surface area contributed by atoms with Crippen LogP contribution in [0.1, 0.15) is 87.7 Å². The molecule has 3 amide bonds. The molecule has 0 heterocycles. The molecule has 0 spiro atoms. The number of unbranched alkanes of at least 4 members (excludes halogenated alkanes) is 1. The fourth-order valence-electron chi connectivity index (χ4n) is 4.07. The minimum atomic E-state index is -0.503. The molecule has 0 aliphatic heterocycles. The second-order valence-corrected chi connectivity index (χ2v) is 9.72. The van der Waals surface area contributed by atoms with Gasteiger partial charge in [-0.1, -0.05) is 52.7 Å². The summed E-state index contributed by atoms with van der Waals surface area (Å²) in [7, 11) is 3.22. The predicted molar refractivity (Wildman–Crippen MR) is 138 cm³/mol. The van der Waals surface area contributed by atoms with Gasteiger partial charge in [0.15, 0.2) is 0 Å². The number of amides is 3. The van der Waals surface area contributed by atoms with Crippen molar-refractivity contribution < 1.29 is 23.9 Å². The molecule has 0 fully saturated rings. The fourth-order valence-corrected chi connectivity index (χ4v) is 4.07. The van der Waals surface area contributed by atoms with Crippen LogP contribution in [0.2, 0.25) is 0 Å². The van der Waals surface area contributed by atoms with Crippen LogP contribution in [-0.4, -0.2) is 31.9 Å². The predicted octanol–water partition coefficient (Wildman–Crippen LogP) is 5.58. The topological polar surface area (TPSA) is 93.7 Å². The Morgan fingerprint density at radius 1 is 1.00 bits per heavy atom. The summed E-state index contributed by atoms with van der Waals surface area (Å²) in [6, 6.07) is 10.8. The van der Waals surface area contributed by atoms with Crippen LogP contribution in [0.5, 0.6) is 11.5 Å². The lowest BCUT2D eigenvalue weighted by atomic mass is 9.84. The van der Waals surface area contributed by atoms with Crippen molar-refractivity contribution in [2.45, 2.75) is 71.6 Å². The van der Waals surface area contributed by atoms with Crippen LogP contribution in [0.3, 0.4) is 0 Å². The Labute approximate surface area is 208 Å². The molecule has 0 aliphatic rings. The molecule has 2 aromatic carbocycles. The molecule has 1 atom stereocenters. The van der Waals surface area contributed by atoms with Crippen LogP contribution in [0.15, 0.2) is 36.4 Å². The van der Waals surface area contributed by atoms with Gasteiger partial charge in [0, 0.05) is 30.7 Å². The van der Waals surface area contributed by atoms with Gasteiger partial charge >= 0.3 is 0 Å². The molecule has 0 aromatic heterocycles. The third kappa shape index (κ3) is 7.84. The highest BCUT2D eigenvalue weighted by molar-refractivity contribution is 6.05. The Bertz CT molecular complexity index is 1060. The van der Waals surface area contributed by atoms with Gasteiger partial charge in [-0.15, -0.1) is 0 Å². The first kappa shape index (κ1) is 27.9. The van der Waals surface area contributed by atoms with Gasteiger partial charge in [-0.05, 0) is 47.1 Å². The van der Waals surface area contributed by atoms with E-state index >= 15 is 0 Å². The van der Waals surface area contributed by atoms with Crippen molar-refractivity contribution >= 4 is 23.4 Å². The molecule has 35 heavy (non-hydrogen) atoms. The van der Waals surface area contributed by atoms with Gasteiger partial charge in [0.05, 0.1) is 14.2 Å². The van der Waals surface area contributed by atoms with Crippen LogP contribution < -0.4 is 20.1 Å². The van der Waals surface area contributed by atoms with Crippen molar-refractivity contribution in [1.29, 1.82) is 0 Å². The number of rotatable bonds is 10. The Kier molecular flexibility index (Phi) is 9.87. The lowest BCUT2D eigenvalue weighted by Crippen LogP contribution is -2.28. The minimum Gasteiger partial charge on any atom is -0.497 e. The molecule has 0 aliphatic carbocycles. The molecule has 2 aromatic rings. The van der Waals surface area contributed by atoms with Crippen molar-refractivity contribution in [3.8, 4) is 11.5 Å². The molecular formula is C28H38N2O5. The highest BCUT2D eigenvalue weighted by atomic mass is 16.5. The summed E-state index contributed by atoms with van der Waals surface area (Å²) < 4.78 is 10.9. The molecule has 7 heteroatoms. The number of nitrogens with one attached hydrogen (secondary N) is 2. The molecule has 1 unspecified atom stereocenters. The summed E-state index contributed by atoms with van der Waals surface area (Å²) >= 11 is 0. The van der Waals surface area contributed by atoms with Crippen molar-refractivity contribution in [3.05, 3.63) is 53.1 Å². The third-order valence-corrected chi connectivity index (χ3v) is 5.87. The average molecular weight is 483 g/mol. The largest absolute Gasteiger partial charge is 0.497 e. The van der Waals surface area contributed by atoms with Gasteiger partial charge < -0.3 is 14.8 Å². The summed E-state index contributed by atoms with van der Waals surface area (Å²) in [4.78, 5) is 37.0. The molecule has 0 bridgehead atoms. The maximum Gasteiger partial charge on any atom is 0.257 e. The molecule has 0 radical (unpaired) electrons. The van der Waals surface area contributed by atoms with Crippen LogP contribution in [-0.2, 0) is 15.0 Å². The van der Waals surface area contributed by atoms with Gasteiger partial charge in [-0.3, -0.25) is 19.7 Å². The van der Waals surface area contributed by atoms with Crippen LogP contribution in [0, 0.1) is 0 Å². The van der Waals surface area contributed by atoms with E-state index in [0.29, 0.717) is 22.7 Å². The van der Waals surface area contributed by atoms with Gasteiger partial charge in [-0.2, -0.15) is 0 Å². The monoisotopic (exact) mass is 482 g/mol. The summed E-state index contributed by atoms with van der Waals surface area (Å²) in [6.45, 7) is 9.53. The standard InChI is InChI=1S/C28H38N2O5/c1-8-9-10-19(22-13-12-21(34-6)17-25(22)35-7)16-26(32)30-24-15-20(27(33)29-18(2)31)11-14-23(24)28(3,4)5/h11-15,17,19H,8-10,16H2,1-7H3,(H,30,32)(H,29,31,33). The van der Waals surface area contributed by atoms with Gasteiger partial charge in [-0.25, -0.2) is 0 Å². The number of hydrogen-bond donors (Lipinski definition) is 2. The Morgan fingerprint density at radius 2 is 1.71 bits per heavy atom. The summed E-state index contributed by atoms with van der Waals surface area (Å²) in [5, 5.41) is 5.31. The Morgan fingerprint density at radius 3 is 2.29 bits per heavy atom. The van der Waals surface area contributed by atoms with Crippen molar-refractivity contribution in [3.63, 3.8) is 0 Å². The molecule has 0 saturated carbocycles. The van der Waals surface area contributed by atoms with E-state index in [1.165, 1.54) is 6.92 Å². The summed E-state index contributed by atoms with van der Waals surface area (Å²) in [6.07, 6.45) is 3.08. The highest BCUT2D eigenvalue weighted by Crippen LogP contribution is 2.36. The fraction of sp³-hybridized carbons (Fsp3) is 0.464. The number of benzene rings is 2. The number of ether oxygens (including phenoxy) is 2. The Balaban J connectivity index is 2.36. The molecule has 190 valence electrons. The zero-order valence-electron chi connectivity index (χ0n) is 21.9. The smallest absolute Gasteiger partial charge is 0.257 e. The first-order valence-electron chi connectivity index (χ1n) is 12.0. The van der Waals surface area contributed by atoms with E-state index in [9.17, 15) is 14.4 Å². The second-order valence-electron chi connectivity index (χ2n) is 9.72. The lowest BCUT2D eigenvalue weighted by molar-refractivity contribution is -0.118. The quantitative estimate of drug-likeness (QED) is 0.461. The molecular weight excluding hydrogens is 444 g/mol. The maximum atomic E-state index is 13.3. The number of imide groups is 1. The van der Waals surface area contributed by atoms with E-state index in [-0.39, 0.29) is 23.7 Å². The zero-order valence-corrected chi connectivity index (χ0v) is 21.9. The zero-order chi connectivity index (χ0) is 26.2. The second kappa shape index (κ2) is 12.4. The maximum absolute atomic E-state index is 13.3. The number of carbonyl (C=O) groups excluding carboxylic acids is 3. The number of carbonyl (C=O) groups is 3. The molecule has 2 rings (SSSR count). The molecule has 0 saturated heterocycles. The van der Waals surface area contributed by atoms with Crippen LogP contribution in [0.25, 0.3) is 0 Å². The average Bonchev–Trinajstić information content (AvgIpc) is 2.80. The number of anilines is 1. The van der Waals surface area contributed by atoms with Crippen molar-refractivity contribution in [1.82, 2.24) is 5.32 Å². The summed E-state index contributed by atoms with van der Waals surface area (Å²) in [5.41, 5.74) is 2.47. The first-order valence-corrected chi connectivity index (χ1v) is 12.0. The molecule has 7 nitrogen and oxygen atoms in total. The van der Waals surface area contributed by atoms with Gasteiger partial charge in [0.25, 0.3) is 5.91 Å². The Hall–Kier alpha value is -3.35. The van der Waals surface area contributed by atoms with E-state index in [0.717, 1.165) is 30.4 Å². The van der Waals surface area contributed by atoms with Gasteiger partial charge in [0.2, 0.25) is 11.8 Å². The first-order chi connectivity index (χ1) is 16.5. The number of hydrogen-bond acceptors (Lipinski definition) is 5. The normalized spacial score (nSPS) is 12.0. The van der Waals surface area contributed by atoms with E-state index in [1.807, 2.05) is 45.0 Å². The summed E-state index contributed by atoms with van der Waals surface area (Å²) in [5.74, 6) is 0.248. The minimum absolute atomic E-state index is 0.0434. The van der Waals surface area contributed by atoms with Crippen LogP contribution >= 0.6 is 0 Å². The highest BCUT2D eigenvalue weighted by Gasteiger charge is 2.24. The molecule has 2 N–H and O–H groups in total. The number of methoxy groups -OCH3 is 2. The van der Waals surface area contributed by atoms with Crippen molar-refractivity contribution in [2.75, 3.05) is 19.5 Å². The van der Waals surface area contributed by atoms with Crippen LogP contribution in [0.4, 0.5) is 5.69 Å². The SMILES string of the molecule is CCCCC(CC(=O)Nc1cc(C(=O)NC(C)=O)ccc1C(C)(C)C)c1ccc(OC)cc1OC. The van der Waals surface area contributed by atoms with Crippen molar-refractivity contribution in [2.24, 2.45) is 0 Å². The van der Waals surface area contributed by atoms with Gasteiger partial charge in [0.1, 0.15) is 11.5 Å². The third-order valence-electron chi connectivity index (χ3n) is 5.87.